The third-order valence-corrected chi connectivity index (χ3v) is 2.71. The van der Waals surface area contributed by atoms with Gasteiger partial charge >= 0.3 is 6.18 Å². The quantitative estimate of drug-likeness (QED) is 0.750. The number of aldehydes is 1. The zero-order valence-electron chi connectivity index (χ0n) is 10.4. The Balaban J connectivity index is 3.21. The van der Waals surface area contributed by atoms with E-state index in [0.717, 1.165) is 12.5 Å². The van der Waals surface area contributed by atoms with Crippen LogP contribution in [-0.2, 0) is 6.18 Å². The molecule has 0 amide bonds. The molecule has 0 bridgehead atoms. The molecule has 0 radical (unpaired) electrons. The van der Waals surface area contributed by atoms with Gasteiger partial charge in [-0.2, -0.15) is 13.2 Å². The number of benzene rings is 1. The predicted octanol–water partition coefficient (Wildman–Crippen LogP) is 3.75. The number of anilines is 1. The van der Waals surface area contributed by atoms with Gasteiger partial charge in [0.15, 0.2) is 6.29 Å². The van der Waals surface area contributed by atoms with E-state index in [-0.39, 0.29) is 11.8 Å². The number of hydrogen-bond acceptors (Lipinski definition) is 2. The summed E-state index contributed by atoms with van der Waals surface area (Å²) in [6, 6.07) is 3.82. The van der Waals surface area contributed by atoms with Crippen molar-refractivity contribution in [1.82, 2.24) is 0 Å². The van der Waals surface area contributed by atoms with Crippen molar-refractivity contribution in [2.24, 2.45) is 0 Å². The summed E-state index contributed by atoms with van der Waals surface area (Å²) in [7, 11) is 0. The van der Waals surface area contributed by atoms with Gasteiger partial charge < -0.3 is 4.90 Å². The zero-order chi connectivity index (χ0) is 13.8. The van der Waals surface area contributed by atoms with Crippen molar-refractivity contribution in [3.8, 4) is 0 Å². The second-order valence-corrected chi connectivity index (χ2v) is 3.97. The fourth-order valence-corrected chi connectivity index (χ4v) is 1.83. The third kappa shape index (κ3) is 3.24. The van der Waals surface area contributed by atoms with E-state index in [4.69, 9.17) is 0 Å². The molecule has 2 nitrogen and oxygen atoms in total. The molecule has 0 atom stereocenters. The lowest BCUT2D eigenvalue weighted by Gasteiger charge is -2.23. The summed E-state index contributed by atoms with van der Waals surface area (Å²) in [4.78, 5) is 12.5. The molecule has 18 heavy (non-hydrogen) atoms. The number of carbonyl (C=O) groups excluding carboxylic acids is 1. The van der Waals surface area contributed by atoms with Crippen molar-refractivity contribution in [1.29, 1.82) is 0 Å². The molecule has 1 aromatic carbocycles. The van der Waals surface area contributed by atoms with Gasteiger partial charge in [0.25, 0.3) is 0 Å². The van der Waals surface area contributed by atoms with Gasteiger partial charge in [-0.25, -0.2) is 0 Å². The highest BCUT2D eigenvalue weighted by atomic mass is 19.4. The third-order valence-electron chi connectivity index (χ3n) is 2.71. The highest BCUT2D eigenvalue weighted by Gasteiger charge is 2.33. The second kappa shape index (κ2) is 5.89. The molecule has 0 N–H and O–H groups in total. The van der Waals surface area contributed by atoms with Crippen molar-refractivity contribution < 1.29 is 18.0 Å². The smallest absolute Gasteiger partial charge is 0.372 e. The summed E-state index contributed by atoms with van der Waals surface area (Å²) in [5, 5.41) is 0. The molecule has 0 saturated carbocycles. The van der Waals surface area contributed by atoms with Gasteiger partial charge in [0.05, 0.1) is 5.56 Å². The molecule has 100 valence electrons. The van der Waals surface area contributed by atoms with Crippen LogP contribution in [0.4, 0.5) is 18.9 Å². The molecule has 0 aromatic heterocycles. The van der Waals surface area contributed by atoms with Crippen LogP contribution in [0.1, 0.15) is 36.2 Å². The van der Waals surface area contributed by atoms with Crippen LogP contribution in [0.25, 0.3) is 0 Å². The van der Waals surface area contributed by atoms with Gasteiger partial charge in [-0.05, 0) is 31.5 Å². The van der Waals surface area contributed by atoms with Gasteiger partial charge in [0, 0.05) is 24.3 Å². The molecular weight excluding hydrogens is 243 g/mol. The SMILES string of the molecule is CCCN(CC)c1ccc(C=O)c(C(F)(F)F)c1. The number of alkyl halides is 3. The first-order valence-corrected chi connectivity index (χ1v) is 5.85. The molecule has 0 heterocycles. The van der Waals surface area contributed by atoms with E-state index in [0.29, 0.717) is 18.8 Å². The van der Waals surface area contributed by atoms with Crippen LogP contribution in [0.15, 0.2) is 18.2 Å². The standard InChI is InChI=1S/C13H16F3NO/c1-3-7-17(4-2)11-6-5-10(9-18)12(8-11)13(14,15)16/h5-6,8-9H,3-4,7H2,1-2H3. The molecule has 5 heteroatoms. The highest BCUT2D eigenvalue weighted by Crippen LogP contribution is 2.34. The van der Waals surface area contributed by atoms with E-state index >= 15 is 0 Å². The van der Waals surface area contributed by atoms with E-state index < -0.39 is 11.7 Å². The van der Waals surface area contributed by atoms with Crippen molar-refractivity contribution >= 4 is 12.0 Å². The Labute approximate surface area is 104 Å². The summed E-state index contributed by atoms with van der Waals surface area (Å²) in [5.41, 5.74) is -0.694. The Morgan fingerprint density at radius 1 is 1.28 bits per heavy atom. The summed E-state index contributed by atoms with van der Waals surface area (Å²) < 4.78 is 38.4. The van der Waals surface area contributed by atoms with Gasteiger partial charge in [-0.3, -0.25) is 4.79 Å². The Kier molecular flexibility index (Phi) is 4.76. The summed E-state index contributed by atoms with van der Waals surface area (Å²) in [6.45, 7) is 5.17. The van der Waals surface area contributed by atoms with Crippen LogP contribution in [-0.4, -0.2) is 19.4 Å². The fraction of sp³-hybridized carbons (Fsp3) is 0.462. The zero-order valence-corrected chi connectivity index (χ0v) is 10.4. The van der Waals surface area contributed by atoms with Gasteiger partial charge in [0.2, 0.25) is 0 Å². The number of hydrogen-bond donors (Lipinski definition) is 0. The molecule has 0 aliphatic heterocycles. The topological polar surface area (TPSA) is 20.3 Å². The number of nitrogens with zero attached hydrogens (tertiary/aromatic N) is 1. The Hall–Kier alpha value is -1.52. The van der Waals surface area contributed by atoms with Crippen molar-refractivity contribution in [2.75, 3.05) is 18.0 Å². The molecule has 0 aliphatic rings. The number of rotatable bonds is 5. The minimum absolute atomic E-state index is 0.239. The van der Waals surface area contributed by atoms with Crippen LogP contribution in [0, 0.1) is 0 Å². The molecule has 1 aromatic rings. The fourth-order valence-electron chi connectivity index (χ4n) is 1.83. The Morgan fingerprint density at radius 2 is 1.94 bits per heavy atom. The van der Waals surface area contributed by atoms with Crippen molar-refractivity contribution in [2.45, 2.75) is 26.4 Å². The van der Waals surface area contributed by atoms with E-state index in [9.17, 15) is 18.0 Å². The summed E-state index contributed by atoms with van der Waals surface area (Å²) >= 11 is 0. The largest absolute Gasteiger partial charge is 0.417 e. The molecule has 0 aliphatic carbocycles. The maximum atomic E-state index is 12.8. The van der Waals surface area contributed by atoms with Crippen molar-refractivity contribution in [3.05, 3.63) is 29.3 Å². The molecule has 0 spiro atoms. The van der Waals surface area contributed by atoms with Gasteiger partial charge in [0.1, 0.15) is 0 Å². The van der Waals surface area contributed by atoms with Crippen LogP contribution < -0.4 is 4.90 Å². The highest BCUT2D eigenvalue weighted by molar-refractivity contribution is 5.79. The van der Waals surface area contributed by atoms with Crippen LogP contribution in [0.2, 0.25) is 0 Å². The molecule has 0 saturated heterocycles. The average molecular weight is 259 g/mol. The van der Waals surface area contributed by atoms with E-state index in [1.165, 1.54) is 6.07 Å². The van der Waals surface area contributed by atoms with Crippen LogP contribution >= 0.6 is 0 Å². The van der Waals surface area contributed by atoms with Crippen molar-refractivity contribution in [3.63, 3.8) is 0 Å². The maximum absolute atomic E-state index is 12.8. The van der Waals surface area contributed by atoms with Gasteiger partial charge in [-0.15, -0.1) is 0 Å². The van der Waals surface area contributed by atoms with E-state index in [2.05, 4.69) is 0 Å². The van der Waals surface area contributed by atoms with Gasteiger partial charge in [-0.1, -0.05) is 6.92 Å². The first kappa shape index (κ1) is 14.5. The summed E-state index contributed by atoms with van der Waals surface area (Å²) in [5.74, 6) is 0. The van der Waals surface area contributed by atoms with E-state index in [1.807, 2.05) is 18.7 Å². The lowest BCUT2D eigenvalue weighted by Crippen LogP contribution is -2.24. The minimum Gasteiger partial charge on any atom is -0.372 e. The average Bonchev–Trinajstić information content (AvgIpc) is 2.34. The van der Waals surface area contributed by atoms with Crippen LogP contribution in [0.5, 0.6) is 0 Å². The molecule has 0 fully saturated rings. The molecule has 0 unspecified atom stereocenters. The summed E-state index contributed by atoms with van der Waals surface area (Å²) in [6.07, 6.45) is -3.41. The maximum Gasteiger partial charge on any atom is 0.417 e. The molecular formula is C13H16F3NO. The normalized spacial score (nSPS) is 11.4. The lowest BCUT2D eigenvalue weighted by molar-refractivity contribution is -0.137. The predicted molar refractivity (Wildman–Crippen MR) is 65.0 cm³/mol. The number of halogens is 3. The van der Waals surface area contributed by atoms with E-state index in [1.54, 1.807) is 6.07 Å². The first-order chi connectivity index (χ1) is 8.43. The minimum atomic E-state index is -4.50. The Bertz CT molecular complexity index is 415. The molecule has 1 rings (SSSR count). The number of carbonyl (C=O) groups is 1. The Morgan fingerprint density at radius 3 is 2.39 bits per heavy atom. The monoisotopic (exact) mass is 259 g/mol. The lowest BCUT2D eigenvalue weighted by atomic mass is 10.1. The first-order valence-electron chi connectivity index (χ1n) is 5.85. The van der Waals surface area contributed by atoms with Crippen LogP contribution in [0.3, 0.4) is 0 Å². The second-order valence-electron chi connectivity index (χ2n) is 3.97.